The molecule has 1 atom stereocenters. The van der Waals surface area contributed by atoms with Gasteiger partial charge >= 0.3 is 0 Å². The molecule has 6 nitrogen and oxygen atoms in total. The van der Waals surface area contributed by atoms with Crippen molar-refractivity contribution < 1.29 is 16.8 Å². The van der Waals surface area contributed by atoms with E-state index in [-0.39, 0.29) is 17.2 Å². The van der Waals surface area contributed by atoms with Crippen molar-refractivity contribution in [2.24, 2.45) is 0 Å². The van der Waals surface area contributed by atoms with Crippen LogP contribution in [0.15, 0.2) is 59.8 Å². The molecule has 1 heterocycles. The van der Waals surface area contributed by atoms with Crippen molar-refractivity contribution in [3.8, 4) is 0 Å². The average molecular weight is 354 g/mol. The molecule has 1 N–H and O–H groups in total. The van der Waals surface area contributed by atoms with E-state index >= 15 is 0 Å². The van der Waals surface area contributed by atoms with E-state index < -0.39 is 25.1 Å². The second-order valence-electron chi connectivity index (χ2n) is 4.88. The van der Waals surface area contributed by atoms with Crippen molar-refractivity contribution in [2.75, 3.05) is 12.3 Å². The fourth-order valence-electron chi connectivity index (χ4n) is 2.05. The second kappa shape index (κ2) is 7.20. The SMILES string of the molecule is CCS(=O)(=O)NC[C@@H](c1cccnc1)S(=O)(=O)c1ccccc1. The van der Waals surface area contributed by atoms with Gasteiger partial charge in [-0.05, 0) is 30.7 Å². The van der Waals surface area contributed by atoms with Crippen LogP contribution in [0.2, 0.25) is 0 Å². The highest BCUT2D eigenvalue weighted by Crippen LogP contribution is 2.28. The highest BCUT2D eigenvalue weighted by molar-refractivity contribution is 7.92. The predicted molar refractivity (Wildman–Crippen MR) is 88.1 cm³/mol. The lowest BCUT2D eigenvalue weighted by molar-refractivity contribution is 0.569. The number of rotatable bonds is 7. The molecule has 0 aliphatic carbocycles. The zero-order chi connectivity index (χ0) is 16.9. The minimum Gasteiger partial charge on any atom is -0.264 e. The molecule has 23 heavy (non-hydrogen) atoms. The van der Waals surface area contributed by atoms with E-state index in [1.54, 1.807) is 30.3 Å². The van der Waals surface area contributed by atoms with Crippen LogP contribution in [0.25, 0.3) is 0 Å². The molecule has 0 aliphatic rings. The summed E-state index contributed by atoms with van der Waals surface area (Å²) >= 11 is 0. The van der Waals surface area contributed by atoms with Gasteiger partial charge in [-0.3, -0.25) is 4.98 Å². The Morgan fingerprint density at radius 3 is 2.30 bits per heavy atom. The van der Waals surface area contributed by atoms with E-state index in [0.29, 0.717) is 5.56 Å². The van der Waals surface area contributed by atoms with Gasteiger partial charge in [0.2, 0.25) is 10.0 Å². The Balaban J connectivity index is 2.42. The zero-order valence-electron chi connectivity index (χ0n) is 12.6. The Bertz CT molecular complexity index is 836. The highest BCUT2D eigenvalue weighted by Gasteiger charge is 2.30. The summed E-state index contributed by atoms with van der Waals surface area (Å²) in [6, 6.07) is 11.2. The third-order valence-corrected chi connectivity index (χ3v) is 6.85. The zero-order valence-corrected chi connectivity index (χ0v) is 14.2. The molecule has 0 aliphatic heterocycles. The number of nitrogens with zero attached hydrogens (tertiary/aromatic N) is 1. The first-order valence-corrected chi connectivity index (χ1v) is 10.2. The van der Waals surface area contributed by atoms with Crippen LogP contribution in [-0.4, -0.2) is 34.1 Å². The maximum Gasteiger partial charge on any atom is 0.211 e. The lowest BCUT2D eigenvalue weighted by Gasteiger charge is -2.18. The first-order chi connectivity index (χ1) is 10.9. The molecule has 0 amide bonds. The summed E-state index contributed by atoms with van der Waals surface area (Å²) in [6.45, 7) is 1.26. The van der Waals surface area contributed by atoms with Crippen molar-refractivity contribution >= 4 is 19.9 Å². The molecule has 2 aromatic rings. The van der Waals surface area contributed by atoms with E-state index in [1.807, 2.05) is 0 Å². The van der Waals surface area contributed by atoms with Gasteiger partial charge in [0.25, 0.3) is 0 Å². The van der Waals surface area contributed by atoms with Crippen LogP contribution in [0, 0.1) is 0 Å². The summed E-state index contributed by atoms with van der Waals surface area (Å²) < 4.78 is 51.5. The number of hydrogen-bond acceptors (Lipinski definition) is 5. The largest absolute Gasteiger partial charge is 0.264 e. The van der Waals surface area contributed by atoms with Gasteiger partial charge < -0.3 is 0 Å². The van der Waals surface area contributed by atoms with Crippen molar-refractivity contribution in [1.82, 2.24) is 9.71 Å². The lowest BCUT2D eigenvalue weighted by atomic mass is 10.2. The summed E-state index contributed by atoms with van der Waals surface area (Å²) in [4.78, 5) is 4.08. The molecule has 2 rings (SSSR count). The fraction of sp³-hybridized carbons (Fsp3) is 0.267. The van der Waals surface area contributed by atoms with E-state index in [2.05, 4.69) is 9.71 Å². The molecule has 0 fully saturated rings. The maximum absolute atomic E-state index is 12.9. The van der Waals surface area contributed by atoms with E-state index in [1.165, 1.54) is 31.5 Å². The van der Waals surface area contributed by atoms with Gasteiger partial charge in [0.15, 0.2) is 9.84 Å². The first kappa shape index (κ1) is 17.6. The Morgan fingerprint density at radius 2 is 1.74 bits per heavy atom. The number of nitrogens with one attached hydrogen (secondary N) is 1. The summed E-state index contributed by atoms with van der Waals surface area (Å²) in [5, 5.41) is -1.04. The van der Waals surface area contributed by atoms with Gasteiger partial charge in [-0.25, -0.2) is 21.6 Å². The molecule has 0 spiro atoms. The number of sulfonamides is 1. The Kier molecular flexibility index (Phi) is 5.51. The molecule has 0 radical (unpaired) electrons. The average Bonchev–Trinajstić information content (AvgIpc) is 2.56. The summed E-state index contributed by atoms with van der Waals surface area (Å²) in [5.41, 5.74) is 0.440. The Labute approximate surface area is 136 Å². The number of benzene rings is 1. The van der Waals surface area contributed by atoms with Gasteiger partial charge in [-0.2, -0.15) is 0 Å². The molecular formula is C15H18N2O4S2. The Morgan fingerprint density at radius 1 is 1.04 bits per heavy atom. The van der Waals surface area contributed by atoms with Crippen LogP contribution < -0.4 is 4.72 Å². The van der Waals surface area contributed by atoms with Gasteiger partial charge in [0.1, 0.15) is 5.25 Å². The normalized spacial score (nSPS) is 13.6. The maximum atomic E-state index is 12.9. The van der Waals surface area contributed by atoms with Gasteiger partial charge in [-0.15, -0.1) is 0 Å². The van der Waals surface area contributed by atoms with Crippen molar-refractivity contribution in [2.45, 2.75) is 17.1 Å². The smallest absolute Gasteiger partial charge is 0.211 e. The van der Waals surface area contributed by atoms with Crippen molar-refractivity contribution in [3.63, 3.8) is 0 Å². The minimum atomic E-state index is -3.75. The highest BCUT2D eigenvalue weighted by atomic mass is 32.2. The molecule has 0 saturated heterocycles. The molecule has 0 unspecified atom stereocenters. The minimum absolute atomic E-state index is 0.113. The quantitative estimate of drug-likeness (QED) is 0.814. The lowest BCUT2D eigenvalue weighted by Crippen LogP contribution is -2.33. The second-order valence-corrected chi connectivity index (χ2v) is 9.11. The van der Waals surface area contributed by atoms with Crippen LogP contribution in [0.4, 0.5) is 0 Å². The van der Waals surface area contributed by atoms with Gasteiger partial charge in [0.05, 0.1) is 10.6 Å². The van der Waals surface area contributed by atoms with Crippen molar-refractivity contribution in [1.29, 1.82) is 0 Å². The molecule has 8 heteroatoms. The third kappa shape index (κ3) is 4.37. The predicted octanol–water partition coefficient (Wildman–Crippen LogP) is 1.54. The summed E-state index contributed by atoms with van der Waals surface area (Å²) in [7, 11) is -7.25. The molecule has 1 aromatic carbocycles. The third-order valence-electron chi connectivity index (χ3n) is 3.37. The number of pyridine rings is 1. The molecule has 0 bridgehead atoms. The van der Waals surface area contributed by atoms with Crippen LogP contribution in [-0.2, 0) is 19.9 Å². The standard InChI is InChI=1S/C15H18N2O4S2/c1-2-22(18,19)17-12-15(13-7-6-10-16-11-13)23(20,21)14-8-4-3-5-9-14/h3-11,15,17H,2,12H2,1H3/t15-/m0/s1. The van der Waals surface area contributed by atoms with E-state index in [9.17, 15) is 16.8 Å². The Hall–Kier alpha value is -1.77. The van der Waals surface area contributed by atoms with Gasteiger partial charge in [-0.1, -0.05) is 24.3 Å². The van der Waals surface area contributed by atoms with Crippen LogP contribution >= 0.6 is 0 Å². The molecule has 0 saturated carbocycles. The fourth-order valence-corrected chi connectivity index (χ4v) is 4.45. The van der Waals surface area contributed by atoms with Crippen LogP contribution in [0.3, 0.4) is 0 Å². The number of sulfone groups is 1. The van der Waals surface area contributed by atoms with E-state index in [0.717, 1.165) is 0 Å². The van der Waals surface area contributed by atoms with Crippen molar-refractivity contribution in [3.05, 3.63) is 60.4 Å². The molecule has 124 valence electrons. The molecular weight excluding hydrogens is 336 g/mol. The topological polar surface area (TPSA) is 93.2 Å². The van der Waals surface area contributed by atoms with Crippen LogP contribution in [0.1, 0.15) is 17.7 Å². The van der Waals surface area contributed by atoms with Crippen LogP contribution in [0.5, 0.6) is 0 Å². The number of aromatic nitrogens is 1. The first-order valence-electron chi connectivity index (χ1n) is 7.03. The van der Waals surface area contributed by atoms with Gasteiger partial charge in [0, 0.05) is 18.9 Å². The summed E-state index contributed by atoms with van der Waals surface area (Å²) in [6.07, 6.45) is 2.97. The van der Waals surface area contributed by atoms with E-state index in [4.69, 9.17) is 0 Å². The number of hydrogen-bond donors (Lipinski definition) is 1. The molecule has 1 aromatic heterocycles. The summed E-state index contributed by atoms with van der Waals surface area (Å²) in [5.74, 6) is -0.113. The monoisotopic (exact) mass is 354 g/mol.